The number of pyridine rings is 1. The predicted octanol–water partition coefficient (Wildman–Crippen LogP) is 2.91. The van der Waals surface area contributed by atoms with Crippen LogP contribution in [0.3, 0.4) is 0 Å². The van der Waals surface area contributed by atoms with Crippen LogP contribution in [0, 0.1) is 0 Å². The van der Waals surface area contributed by atoms with Crippen molar-refractivity contribution in [3.05, 3.63) is 42.1 Å². The molecule has 3 nitrogen and oxygen atoms in total. The van der Waals surface area contributed by atoms with Crippen molar-refractivity contribution in [2.75, 3.05) is 0 Å². The SMILES string of the molecule is O=C(NC1CCCC1)c1cnc2ccccc2c1. The van der Waals surface area contributed by atoms with Crippen molar-refractivity contribution < 1.29 is 4.79 Å². The molecule has 3 rings (SSSR count). The van der Waals surface area contributed by atoms with Gasteiger partial charge >= 0.3 is 0 Å². The molecule has 1 aliphatic rings. The molecule has 1 saturated carbocycles. The number of nitrogens with zero attached hydrogens (tertiary/aromatic N) is 1. The molecule has 0 saturated heterocycles. The lowest BCUT2D eigenvalue weighted by Gasteiger charge is -2.11. The smallest absolute Gasteiger partial charge is 0.253 e. The summed E-state index contributed by atoms with van der Waals surface area (Å²) in [6, 6.07) is 10.1. The Morgan fingerprint density at radius 2 is 2.00 bits per heavy atom. The van der Waals surface area contributed by atoms with Gasteiger partial charge in [-0.15, -0.1) is 0 Å². The van der Waals surface area contributed by atoms with Gasteiger partial charge in [0.2, 0.25) is 0 Å². The quantitative estimate of drug-likeness (QED) is 0.877. The first-order valence-electron chi connectivity index (χ1n) is 6.48. The maximum atomic E-state index is 12.1. The Balaban J connectivity index is 1.82. The van der Waals surface area contributed by atoms with Gasteiger partial charge < -0.3 is 5.32 Å². The molecule has 0 bridgehead atoms. The van der Waals surface area contributed by atoms with Crippen molar-refractivity contribution in [1.29, 1.82) is 0 Å². The molecule has 1 amide bonds. The summed E-state index contributed by atoms with van der Waals surface area (Å²) in [4.78, 5) is 16.4. The van der Waals surface area contributed by atoms with E-state index in [4.69, 9.17) is 0 Å². The summed E-state index contributed by atoms with van der Waals surface area (Å²) < 4.78 is 0. The van der Waals surface area contributed by atoms with E-state index in [1.54, 1.807) is 6.20 Å². The zero-order valence-electron chi connectivity index (χ0n) is 10.2. The van der Waals surface area contributed by atoms with Gasteiger partial charge in [0.15, 0.2) is 0 Å². The molecule has 0 atom stereocenters. The number of carbonyl (C=O) groups excluding carboxylic acids is 1. The average molecular weight is 240 g/mol. The zero-order valence-corrected chi connectivity index (χ0v) is 10.2. The van der Waals surface area contributed by atoms with Crippen molar-refractivity contribution in [2.24, 2.45) is 0 Å². The minimum Gasteiger partial charge on any atom is -0.349 e. The van der Waals surface area contributed by atoms with Crippen molar-refractivity contribution in [1.82, 2.24) is 10.3 Å². The molecule has 18 heavy (non-hydrogen) atoms. The van der Waals surface area contributed by atoms with Gasteiger partial charge in [-0.2, -0.15) is 0 Å². The number of benzene rings is 1. The summed E-state index contributed by atoms with van der Waals surface area (Å²) in [7, 11) is 0. The topological polar surface area (TPSA) is 42.0 Å². The number of hydrogen-bond donors (Lipinski definition) is 1. The summed E-state index contributed by atoms with van der Waals surface area (Å²) in [5.41, 5.74) is 1.58. The first-order valence-corrected chi connectivity index (χ1v) is 6.48. The summed E-state index contributed by atoms with van der Waals surface area (Å²) in [5.74, 6) is 0.000142. The van der Waals surface area contributed by atoms with Crippen LogP contribution in [0.4, 0.5) is 0 Å². The lowest BCUT2D eigenvalue weighted by molar-refractivity contribution is 0.0937. The van der Waals surface area contributed by atoms with Gasteiger partial charge in [-0.1, -0.05) is 31.0 Å². The molecular weight excluding hydrogens is 224 g/mol. The Morgan fingerprint density at radius 1 is 1.22 bits per heavy atom. The van der Waals surface area contributed by atoms with E-state index in [1.165, 1.54) is 12.8 Å². The molecule has 1 heterocycles. The second kappa shape index (κ2) is 4.77. The second-order valence-corrected chi connectivity index (χ2v) is 4.87. The highest BCUT2D eigenvalue weighted by Gasteiger charge is 2.18. The van der Waals surface area contributed by atoms with E-state index in [1.807, 2.05) is 30.3 Å². The molecule has 3 heteroatoms. The fourth-order valence-corrected chi connectivity index (χ4v) is 2.53. The fraction of sp³-hybridized carbons (Fsp3) is 0.333. The molecule has 2 aromatic rings. The van der Waals surface area contributed by atoms with Crippen LogP contribution in [-0.2, 0) is 0 Å². The second-order valence-electron chi connectivity index (χ2n) is 4.87. The fourth-order valence-electron chi connectivity index (χ4n) is 2.53. The monoisotopic (exact) mass is 240 g/mol. The highest BCUT2D eigenvalue weighted by atomic mass is 16.1. The van der Waals surface area contributed by atoms with Gasteiger partial charge in [0.1, 0.15) is 0 Å². The lowest BCUT2D eigenvalue weighted by Crippen LogP contribution is -2.32. The molecule has 1 aliphatic carbocycles. The van der Waals surface area contributed by atoms with E-state index >= 15 is 0 Å². The number of fused-ring (bicyclic) bond motifs is 1. The first kappa shape index (κ1) is 11.2. The molecule has 0 spiro atoms. The van der Waals surface area contributed by atoms with E-state index in [2.05, 4.69) is 10.3 Å². The molecule has 1 aromatic heterocycles. The number of para-hydroxylation sites is 1. The first-order chi connectivity index (χ1) is 8.83. The average Bonchev–Trinajstić information content (AvgIpc) is 2.91. The third-order valence-electron chi connectivity index (χ3n) is 3.54. The van der Waals surface area contributed by atoms with Crippen LogP contribution in [0.5, 0.6) is 0 Å². The largest absolute Gasteiger partial charge is 0.349 e. The Labute approximate surface area is 106 Å². The van der Waals surface area contributed by atoms with Crippen LogP contribution in [0.15, 0.2) is 36.5 Å². The highest BCUT2D eigenvalue weighted by Crippen LogP contribution is 2.18. The number of amides is 1. The standard InChI is InChI=1S/C15H16N2O/c18-15(17-13-6-2-3-7-13)12-9-11-5-1-4-8-14(11)16-10-12/h1,4-5,8-10,13H,2-3,6-7H2,(H,17,18). The predicted molar refractivity (Wildman–Crippen MR) is 71.5 cm³/mol. The van der Waals surface area contributed by atoms with E-state index in [0.29, 0.717) is 11.6 Å². The Hall–Kier alpha value is -1.90. The van der Waals surface area contributed by atoms with E-state index in [9.17, 15) is 4.79 Å². The number of rotatable bonds is 2. The third kappa shape index (κ3) is 2.21. The van der Waals surface area contributed by atoms with Gasteiger partial charge in [-0.25, -0.2) is 0 Å². The van der Waals surface area contributed by atoms with Crippen LogP contribution in [-0.4, -0.2) is 16.9 Å². The number of nitrogens with one attached hydrogen (secondary N) is 1. The zero-order chi connectivity index (χ0) is 12.4. The van der Waals surface area contributed by atoms with Crippen LogP contribution >= 0.6 is 0 Å². The summed E-state index contributed by atoms with van der Waals surface area (Å²) >= 11 is 0. The molecule has 1 aromatic carbocycles. The number of carbonyl (C=O) groups is 1. The summed E-state index contributed by atoms with van der Waals surface area (Å²) in [6.07, 6.45) is 6.31. The van der Waals surface area contributed by atoms with Crippen molar-refractivity contribution in [2.45, 2.75) is 31.7 Å². The van der Waals surface area contributed by atoms with Gasteiger partial charge in [0.05, 0.1) is 11.1 Å². The van der Waals surface area contributed by atoms with Crippen LogP contribution in [0.25, 0.3) is 10.9 Å². The van der Waals surface area contributed by atoms with E-state index < -0.39 is 0 Å². The normalized spacial score (nSPS) is 16.0. The number of hydrogen-bond acceptors (Lipinski definition) is 2. The molecule has 1 fully saturated rings. The molecule has 0 aliphatic heterocycles. The number of aromatic nitrogens is 1. The molecular formula is C15H16N2O. The van der Waals surface area contributed by atoms with Crippen molar-refractivity contribution in [3.8, 4) is 0 Å². The molecule has 0 unspecified atom stereocenters. The highest BCUT2D eigenvalue weighted by molar-refractivity contribution is 5.97. The van der Waals surface area contributed by atoms with Crippen LogP contribution in [0.2, 0.25) is 0 Å². The molecule has 0 radical (unpaired) electrons. The Morgan fingerprint density at radius 3 is 2.83 bits per heavy atom. The van der Waals surface area contributed by atoms with Crippen molar-refractivity contribution in [3.63, 3.8) is 0 Å². The summed E-state index contributed by atoms with van der Waals surface area (Å²) in [5, 5.41) is 4.09. The maximum absolute atomic E-state index is 12.1. The minimum absolute atomic E-state index is 0.000142. The summed E-state index contributed by atoms with van der Waals surface area (Å²) in [6.45, 7) is 0. The van der Waals surface area contributed by atoms with Crippen molar-refractivity contribution >= 4 is 16.8 Å². The van der Waals surface area contributed by atoms with Crippen LogP contribution in [0.1, 0.15) is 36.0 Å². The molecule has 1 N–H and O–H groups in total. The van der Waals surface area contributed by atoms with E-state index in [0.717, 1.165) is 23.7 Å². The van der Waals surface area contributed by atoms with Gasteiger partial charge in [0.25, 0.3) is 5.91 Å². The third-order valence-corrected chi connectivity index (χ3v) is 3.54. The van der Waals surface area contributed by atoms with Gasteiger partial charge in [0, 0.05) is 17.6 Å². The lowest BCUT2D eigenvalue weighted by atomic mass is 10.1. The molecule has 92 valence electrons. The maximum Gasteiger partial charge on any atom is 0.253 e. The Bertz CT molecular complexity index is 573. The van der Waals surface area contributed by atoms with Crippen LogP contribution < -0.4 is 5.32 Å². The van der Waals surface area contributed by atoms with Gasteiger partial charge in [-0.3, -0.25) is 9.78 Å². The Kier molecular flexibility index (Phi) is 2.97. The van der Waals surface area contributed by atoms with E-state index in [-0.39, 0.29) is 5.91 Å². The minimum atomic E-state index is 0.000142. The van der Waals surface area contributed by atoms with Gasteiger partial charge in [-0.05, 0) is 25.0 Å².